The second-order valence-electron chi connectivity index (χ2n) is 4.37. The first-order valence-electron chi connectivity index (χ1n) is 5.86. The van der Waals surface area contributed by atoms with E-state index in [1.165, 1.54) is 0 Å². The van der Waals surface area contributed by atoms with Crippen molar-refractivity contribution in [1.82, 2.24) is 10.6 Å². The highest BCUT2D eigenvalue weighted by atomic mass is 16.3. The van der Waals surface area contributed by atoms with E-state index in [-0.39, 0.29) is 18.6 Å². The molecule has 0 aromatic carbocycles. The third-order valence-electron chi connectivity index (χ3n) is 2.86. The second-order valence-corrected chi connectivity index (χ2v) is 4.37. The molecule has 1 saturated heterocycles. The van der Waals surface area contributed by atoms with Gasteiger partial charge in [0.05, 0.1) is 6.04 Å². The summed E-state index contributed by atoms with van der Waals surface area (Å²) < 4.78 is 0. The van der Waals surface area contributed by atoms with E-state index in [9.17, 15) is 4.79 Å². The molecule has 0 aromatic rings. The zero-order valence-corrected chi connectivity index (χ0v) is 9.46. The summed E-state index contributed by atoms with van der Waals surface area (Å²) in [5, 5.41) is 14.9. The Morgan fingerprint density at radius 2 is 2.47 bits per heavy atom. The van der Waals surface area contributed by atoms with Crippen LogP contribution in [0.4, 0.5) is 0 Å². The molecule has 0 aliphatic carbocycles. The van der Waals surface area contributed by atoms with Crippen LogP contribution in [0, 0.1) is 5.92 Å². The van der Waals surface area contributed by atoms with E-state index in [2.05, 4.69) is 10.6 Å². The van der Waals surface area contributed by atoms with E-state index in [1.807, 2.05) is 6.92 Å². The summed E-state index contributed by atoms with van der Waals surface area (Å²) >= 11 is 0. The third-order valence-corrected chi connectivity index (χ3v) is 2.86. The smallest absolute Gasteiger partial charge is 0.237 e. The van der Waals surface area contributed by atoms with Crippen LogP contribution in [0.3, 0.4) is 0 Å². The molecule has 0 spiro atoms. The molecule has 1 aliphatic rings. The maximum atomic E-state index is 11.5. The Morgan fingerprint density at radius 1 is 1.67 bits per heavy atom. The van der Waals surface area contributed by atoms with Gasteiger partial charge < -0.3 is 15.7 Å². The quantitative estimate of drug-likeness (QED) is 0.556. The molecule has 1 rings (SSSR count). The zero-order chi connectivity index (χ0) is 11.1. The Bertz CT molecular complexity index is 191. The number of aliphatic hydroxyl groups is 1. The highest BCUT2D eigenvalue weighted by molar-refractivity contribution is 5.81. The molecule has 1 fully saturated rings. The normalized spacial score (nSPS) is 22.7. The molecule has 1 aliphatic heterocycles. The number of carbonyl (C=O) groups is 1. The van der Waals surface area contributed by atoms with Crippen LogP contribution in [0.15, 0.2) is 0 Å². The minimum absolute atomic E-state index is 0.0280. The predicted octanol–water partition coefficient (Wildman–Crippen LogP) is 0.263. The van der Waals surface area contributed by atoms with Gasteiger partial charge in [-0.3, -0.25) is 4.79 Å². The lowest BCUT2D eigenvalue weighted by atomic mass is 10.1. The van der Waals surface area contributed by atoms with Gasteiger partial charge in [-0.1, -0.05) is 6.92 Å². The minimum Gasteiger partial charge on any atom is -0.396 e. The molecular weight excluding hydrogens is 192 g/mol. The fourth-order valence-electron chi connectivity index (χ4n) is 1.78. The molecule has 4 heteroatoms. The van der Waals surface area contributed by atoms with Gasteiger partial charge in [0.1, 0.15) is 0 Å². The van der Waals surface area contributed by atoms with Gasteiger partial charge in [-0.05, 0) is 38.1 Å². The van der Waals surface area contributed by atoms with Gasteiger partial charge in [0.15, 0.2) is 0 Å². The number of nitrogens with one attached hydrogen (secondary N) is 2. The van der Waals surface area contributed by atoms with Gasteiger partial charge in [-0.15, -0.1) is 0 Å². The number of amides is 1. The number of hydrogen-bond donors (Lipinski definition) is 3. The van der Waals surface area contributed by atoms with Crippen molar-refractivity contribution in [3.05, 3.63) is 0 Å². The Labute approximate surface area is 91.4 Å². The van der Waals surface area contributed by atoms with Crippen LogP contribution in [0.2, 0.25) is 0 Å². The molecule has 3 N–H and O–H groups in total. The molecule has 4 nitrogen and oxygen atoms in total. The molecule has 2 unspecified atom stereocenters. The largest absolute Gasteiger partial charge is 0.396 e. The summed E-state index contributed by atoms with van der Waals surface area (Å²) in [4.78, 5) is 11.5. The summed E-state index contributed by atoms with van der Waals surface area (Å²) in [6, 6.07) is 0.0280. The molecule has 1 amide bonds. The Kier molecular flexibility index (Phi) is 5.65. The molecule has 88 valence electrons. The summed E-state index contributed by atoms with van der Waals surface area (Å²) in [5.41, 5.74) is 0. The van der Waals surface area contributed by atoms with Crippen molar-refractivity contribution >= 4 is 5.91 Å². The lowest BCUT2D eigenvalue weighted by Crippen LogP contribution is -2.40. The van der Waals surface area contributed by atoms with Crippen LogP contribution in [0.5, 0.6) is 0 Å². The van der Waals surface area contributed by atoms with Crippen LogP contribution < -0.4 is 10.6 Å². The molecule has 0 aromatic heterocycles. The third kappa shape index (κ3) is 4.62. The van der Waals surface area contributed by atoms with E-state index in [4.69, 9.17) is 5.11 Å². The topological polar surface area (TPSA) is 61.4 Å². The maximum absolute atomic E-state index is 11.5. The van der Waals surface area contributed by atoms with Crippen molar-refractivity contribution < 1.29 is 9.90 Å². The fourth-order valence-corrected chi connectivity index (χ4v) is 1.78. The number of carbonyl (C=O) groups excluding carboxylic acids is 1. The molecule has 0 bridgehead atoms. The molecule has 2 atom stereocenters. The van der Waals surface area contributed by atoms with Crippen molar-refractivity contribution in [2.24, 2.45) is 5.92 Å². The Hall–Kier alpha value is -0.610. The van der Waals surface area contributed by atoms with E-state index in [0.717, 1.165) is 38.8 Å². The molecule has 15 heavy (non-hydrogen) atoms. The lowest BCUT2D eigenvalue weighted by molar-refractivity contribution is -0.122. The summed E-state index contributed by atoms with van der Waals surface area (Å²) in [7, 11) is 0. The Morgan fingerprint density at radius 3 is 3.07 bits per heavy atom. The lowest BCUT2D eigenvalue weighted by Gasteiger charge is -2.12. The number of aliphatic hydroxyl groups excluding tert-OH is 1. The van der Waals surface area contributed by atoms with Gasteiger partial charge in [-0.25, -0.2) is 0 Å². The van der Waals surface area contributed by atoms with Crippen LogP contribution in [-0.2, 0) is 4.79 Å². The van der Waals surface area contributed by atoms with Crippen LogP contribution in [-0.4, -0.2) is 36.8 Å². The first-order chi connectivity index (χ1) is 7.24. The zero-order valence-electron chi connectivity index (χ0n) is 9.46. The van der Waals surface area contributed by atoms with Crippen LogP contribution >= 0.6 is 0 Å². The van der Waals surface area contributed by atoms with Gasteiger partial charge >= 0.3 is 0 Å². The standard InChI is InChI=1S/C11H22N2O2/c1-9(8-14)4-2-7-13-11(15)10-5-3-6-12-10/h9-10,12,14H,2-8H2,1H3,(H,13,15). The van der Waals surface area contributed by atoms with Gasteiger partial charge in [0.25, 0.3) is 0 Å². The monoisotopic (exact) mass is 214 g/mol. The molecular formula is C11H22N2O2. The van der Waals surface area contributed by atoms with Crippen molar-refractivity contribution in [1.29, 1.82) is 0 Å². The van der Waals surface area contributed by atoms with Crippen molar-refractivity contribution in [3.8, 4) is 0 Å². The van der Waals surface area contributed by atoms with Crippen LogP contribution in [0.25, 0.3) is 0 Å². The molecule has 1 heterocycles. The van der Waals surface area contributed by atoms with Crippen molar-refractivity contribution in [2.75, 3.05) is 19.7 Å². The molecule has 0 radical (unpaired) electrons. The van der Waals surface area contributed by atoms with Crippen molar-refractivity contribution in [3.63, 3.8) is 0 Å². The fraction of sp³-hybridized carbons (Fsp3) is 0.909. The molecule has 0 saturated carbocycles. The number of rotatable bonds is 6. The average molecular weight is 214 g/mol. The van der Waals surface area contributed by atoms with E-state index >= 15 is 0 Å². The SMILES string of the molecule is CC(CO)CCCNC(=O)C1CCCN1. The first-order valence-corrected chi connectivity index (χ1v) is 5.86. The first kappa shape index (κ1) is 12.5. The highest BCUT2D eigenvalue weighted by Crippen LogP contribution is 2.05. The van der Waals surface area contributed by atoms with Gasteiger partial charge in [-0.2, -0.15) is 0 Å². The van der Waals surface area contributed by atoms with E-state index in [0.29, 0.717) is 5.92 Å². The summed E-state index contributed by atoms with van der Waals surface area (Å²) in [6.07, 6.45) is 3.97. The Balaban J connectivity index is 2.01. The highest BCUT2D eigenvalue weighted by Gasteiger charge is 2.20. The van der Waals surface area contributed by atoms with Crippen LogP contribution in [0.1, 0.15) is 32.6 Å². The summed E-state index contributed by atoms with van der Waals surface area (Å²) in [6.45, 7) is 3.93. The minimum atomic E-state index is 0.0280. The van der Waals surface area contributed by atoms with Gasteiger partial charge in [0.2, 0.25) is 5.91 Å². The predicted molar refractivity (Wildman–Crippen MR) is 59.5 cm³/mol. The maximum Gasteiger partial charge on any atom is 0.237 e. The van der Waals surface area contributed by atoms with E-state index < -0.39 is 0 Å². The number of hydrogen-bond acceptors (Lipinski definition) is 3. The van der Waals surface area contributed by atoms with Crippen molar-refractivity contribution in [2.45, 2.75) is 38.6 Å². The van der Waals surface area contributed by atoms with E-state index in [1.54, 1.807) is 0 Å². The average Bonchev–Trinajstić information content (AvgIpc) is 2.77. The van der Waals surface area contributed by atoms with Gasteiger partial charge in [0, 0.05) is 13.2 Å². The summed E-state index contributed by atoms with van der Waals surface area (Å²) in [5.74, 6) is 0.468. The second kappa shape index (κ2) is 6.80.